The second-order valence-corrected chi connectivity index (χ2v) is 6.88. The van der Waals surface area contributed by atoms with Gasteiger partial charge in [-0.1, -0.05) is 24.3 Å². The van der Waals surface area contributed by atoms with Gasteiger partial charge in [0.25, 0.3) is 0 Å². The van der Waals surface area contributed by atoms with E-state index < -0.39 is 0 Å². The number of hydrogen-bond donors (Lipinski definition) is 1. The minimum Gasteiger partial charge on any atom is -0.465 e. The summed E-state index contributed by atoms with van der Waals surface area (Å²) in [5, 5.41) is 3.62. The third-order valence-electron chi connectivity index (χ3n) is 5.47. The monoisotopic (exact) mass is 363 g/mol. The van der Waals surface area contributed by atoms with Crippen LogP contribution in [0.5, 0.6) is 0 Å². The highest BCUT2D eigenvalue weighted by Gasteiger charge is 2.38. The molecular formula is C22H21NO4. The lowest BCUT2D eigenvalue weighted by molar-refractivity contribution is 0.0591. The summed E-state index contributed by atoms with van der Waals surface area (Å²) >= 11 is 0. The van der Waals surface area contributed by atoms with Gasteiger partial charge in [0.15, 0.2) is 0 Å². The highest BCUT2D eigenvalue weighted by molar-refractivity contribution is 5.90. The molecule has 0 spiro atoms. The summed E-state index contributed by atoms with van der Waals surface area (Å²) in [6.45, 7) is 0. The second-order valence-electron chi connectivity index (χ2n) is 6.88. The molecule has 1 aliphatic carbocycles. The molecule has 27 heavy (non-hydrogen) atoms. The van der Waals surface area contributed by atoms with Gasteiger partial charge < -0.3 is 14.8 Å². The fourth-order valence-corrected chi connectivity index (χ4v) is 4.11. The molecule has 1 aliphatic heterocycles. The quantitative estimate of drug-likeness (QED) is 0.657. The summed E-state index contributed by atoms with van der Waals surface area (Å²) in [6.07, 6.45) is 5.39. The normalized spacial score (nSPS) is 22.4. The fraction of sp³-hybridized carbons (Fsp3) is 0.273. The van der Waals surface area contributed by atoms with Crippen molar-refractivity contribution in [2.75, 3.05) is 19.5 Å². The van der Waals surface area contributed by atoms with Gasteiger partial charge in [0.2, 0.25) is 0 Å². The maximum absolute atomic E-state index is 11.9. The van der Waals surface area contributed by atoms with E-state index in [9.17, 15) is 9.59 Å². The van der Waals surface area contributed by atoms with Gasteiger partial charge in [0.1, 0.15) is 0 Å². The minimum atomic E-state index is -0.334. The number of esters is 2. The van der Waals surface area contributed by atoms with E-state index in [0.717, 1.165) is 23.2 Å². The van der Waals surface area contributed by atoms with Crippen LogP contribution < -0.4 is 5.32 Å². The fourth-order valence-electron chi connectivity index (χ4n) is 4.11. The SMILES string of the molecule is COC(=O)c1ccc(C2Nc3ccc(C(=O)OC)cc3C3C=CCC32)cc1. The summed E-state index contributed by atoms with van der Waals surface area (Å²) in [5.74, 6) is -0.0541. The number of benzene rings is 2. The molecule has 0 fully saturated rings. The van der Waals surface area contributed by atoms with Gasteiger partial charge in [-0.25, -0.2) is 9.59 Å². The Morgan fingerprint density at radius 2 is 1.63 bits per heavy atom. The minimum absolute atomic E-state index is 0.133. The van der Waals surface area contributed by atoms with E-state index in [0.29, 0.717) is 17.0 Å². The van der Waals surface area contributed by atoms with Crippen LogP contribution in [0.15, 0.2) is 54.6 Å². The molecule has 2 aliphatic rings. The van der Waals surface area contributed by atoms with E-state index in [1.807, 2.05) is 24.3 Å². The molecule has 3 atom stereocenters. The Morgan fingerprint density at radius 3 is 2.33 bits per heavy atom. The lowest BCUT2D eigenvalue weighted by atomic mass is 9.76. The summed E-state index contributed by atoms with van der Waals surface area (Å²) in [7, 11) is 2.78. The molecule has 0 radical (unpaired) electrons. The lowest BCUT2D eigenvalue weighted by Crippen LogP contribution is -2.29. The Labute approximate surface area is 158 Å². The van der Waals surface area contributed by atoms with Gasteiger partial charge in [-0.05, 0) is 53.8 Å². The molecule has 2 aromatic rings. The van der Waals surface area contributed by atoms with Gasteiger partial charge in [-0.3, -0.25) is 0 Å². The number of ether oxygens (including phenoxy) is 2. The Kier molecular flexibility index (Phi) is 4.44. The smallest absolute Gasteiger partial charge is 0.337 e. The largest absolute Gasteiger partial charge is 0.465 e. The molecule has 5 heteroatoms. The standard InChI is InChI=1S/C22H21NO4/c1-26-21(24)14-8-6-13(7-9-14)20-17-5-3-4-16(17)18-12-15(22(25)27-2)10-11-19(18)23-20/h3-4,6-12,16-17,20,23H,5H2,1-2H3. The lowest BCUT2D eigenvalue weighted by Gasteiger charge is -2.37. The first-order chi connectivity index (χ1) is 13.1. The van der Waals surface area contributed by atoms with E-state index >= 15 is 0 Å². The first kappa shape index (κ1) is 17.3. The molecule has 0 aromatic heterocycles. The highest BCUT2D eigenvalue weighted by Crippen LogP contribution is 2.49. The number of hydrogen-bond acceptors (Lipinski definition) is 5. The number of anilines is 1. The van der Waals surface area contributed by atoms with Crippen molar-refractivity contribution in [2.45, 2.75) is 18.4 Å². The molecule has 3 unspecified atom stereocenters. The molecule has 0 amide bonds. The topological polar surface area (TPSA) is 64.6 Å². The first-order valence-electron chi connectivity index (χ1n) is 8.96. The Morgan fingerprint density at radius 1 is 0.963 bits per heavy atom. The van der Waals surface area contributed by atoms with Gasteiger partial charge in [-0.2, -0.15) is 0 Å². The summed E-state index contributed by atoms with van der Waals surface area (Å²) in [5.41, 5.74) is 4.39. The van der Waals surface area contributed by atoms with Crippen LogP contribution in [-0.2, 0) is 9.47 Å². The summed E-state index contributed by atoms with van der Waals surface area (Å²) in [6, 6.07) is 13.4. The summed E-state index contributed by atoms with van der Waals surface area (Å²) in [4.78, 5) is 23.6. The second kappa shape index (κ2) is 6.91. The van der Waals surface area contributed by atoms with E-state index in [2.05, 4.69) is 17.5 Å². The van der Waals surface area contributed by atoms with Crippen LogP contribution in [0, 0.1) is 5.92 Å². The predicted molar refractivity (Wildman–Crippen MR) is 102 cm³/mol. The van der Waals surface area contributed by atoms with Crippen LogP contribution in [0.2, 0.25) is 0 Å². The van der Waals surface area contributed by atoms with Crippen molar-refractivity contribution >= 4 is 17.6 Å². The van der Waals surface area contributed by atoms with Crippen LogP contribution in [0.25, 0.3) is 0 Å². The third kappa shape index (κ3) is 2.99. The van der Waals surface area contributed by atoms with E-state index in [4.69, 9.17) is 9.47 Å². The van der Waals surface area contributed by atoms with Crippen LogP contribution >= 0.6 is 0 Å². The maximum Gasteiger partial charge on any atom is 0.337 e. The van der Waals surface area contributed by atoms with Crippen LogP contribution in [0.4, 0.5) is 5.69 Å². The van der Waals surface area contributed by atoms with Gasteiger partial charge in [0.05, 0.1) is 31.4 Å². The molecule has 0 saturated carbocycles. The molecule has 4 rings (SSSR count). The molecule has 138 valence electrons. The van der Waals surface area contributed by atoms with Crippen molar-refractivity contribution < 1.29 is 19.1 Å². The molecule has 2 aromatic carbocycles. The molecule has 5 nitrogen and oxygen atoms in total. The third-order valence-corrected chi connectivity index (χ3v) is 5.47. The van der Waals surface area contributed by atoms with Crippen molar-refractivity contribution in [3.63, 3.8) is 0 Å². The van der Waals surface area contributed by atoms with Crippen LogP contribution in [-0.4, -0.2) is 26.2 Å². The molecule has 1 heterocycles. The maximum atomic E-state index is 11.9. The number of carbonyl (C=O) groups is 2. The molecular weight excluding hydrogens is 342 g/mol. The van der Waals surface area contributed by atoms with Crippen LogP contribution in [0.1, 0.15) is 50.2 Å². The van der Waals surface area contributed by atoms with E-state index in [-0.39, 0.29) is 23.9 Å². The first-order valence-corrected chi connectivity index (χ1v) is 8.96. The predicted octanol–water partition coefficient (Wildman–Crippen LogP) is 4.09. The molecule has 0 saturated heterocycles. The van der Waals surface area contributed by atoms with Gasteiger partial charge in [0, 0.05) is 11.6 Å². The zero-order valence-corrected chi connectivity index (χ0v) is 15.3. The zero-order valence-electron chi connectivity index (χ0n) is 15.3. The van der Waals surface area contributed by atoms with Crippen molar-refractivity contribution in [3.8, 4) is 0 Å². The number of nitrogens with one attached hydrogen (secondary N) is 1. The van der Waals surface area contributed by atoms with E-state index in [1.165, 1.54) is 14.2 Å². The number of fused-ring (bicyclic) bond motifs is 3. The zero-order chi connectivity index (χ0) is 19.0. The number of methoxy groups -OCH3 is 2. The number of allylic oxidation sites excluding steroid dienone is 2. The molecule has 0 bridgehead atoms. The Bertz CT molecular complexity index is 916. The van der Waals surface area contributed by atoms with Gasteiger partial charge >= 0.3 is 11.9 Å². The van der Waals surface area contributed by atoms with Crippen LogP contribution in [0.3, 0.4) is 0 Å². The summed E-state index contributed by atoms with van der Waals surface area (Å²) < 4.78 is 9.63. The van der Waals surface area contributed by atoms with Crippen molar-refractivity contribution in [1.82, 2.24) is 0 Å². The Balaban J connectivity index is 1.68. The van der Waals surface area contributed by atoms with E-state index in [1.54, 1.807) is 18.2 Å². The van der Waals surface area contributed by atoms with Crippen molar-refractivity contribution in [1.29, 1.82) is 0 Å². The Hall–Kier alpha value is -3.08. The van der Waals surface area contributed by atoms with Crippen molar-refractivity contribution in [2.24, 2.45) is 5.92 Å². The average molecular weight is 363 g/mol. The highest BCUT2D eigenvalue weighted by atomic mass is 16.5. The number of carbonyl (C=O) groups excluding carboxylic acids is 2. The number of rotatable bonds is 3. The van der Waals surface area contributed by atoms with Crippen molar-refractivity contribution in [3.05, 3.63) is 76.9 Å². The molecule has 1 N–H and O–H groups in total. The van der Waals surface area contributed by atoms with Gasteiger partial charge in [-0.15, -0.1) is 0 Å². The average Bonchev–Trinajstić information content (AvgIpc) is 3.22.